The largest absolute Gasteiger partial charge is 0.424 e. The van der Waals surface area contributed by atoms with E-state index in [1.807, 2.05) is 59.1 Å². The third-order valence-corrected chi connectivity index (χ3v) is 6.13. The second-order valence-electron chi connectivity index (χ2n) is 7.60. The molecule has 2 aromatic heterocycles. The van der Waals surface area contributed by atoms with Crippen molar-refractivity contribution in [1.82, 2.24) is 19.9 Å². The molecule has 158 valence electrons. The van der Waals surface area contributed by atoms with E-state index < -0.39 is 0 Å². The molecule has 1 aliphatic rings. The topological polar surface area (TPSA) is 101 Å². The third-order valence-electron chi connectivity index (χ3n) is 5.59. The second kappa shape index (κ2) is 8.39. The number of benzene rings is 2. The smallest absolute Gasteiger partial charge is 0.292 e. The molecule has 1 aliphatic heterocycles. The van der Waals surface area contributed by atoms with Crippen molar-refractivity contribution in [3.05, 3.63) is 42.6 Å². The summed E-state index contributed by atoms with van der Waals surface area (Å²) in [7, 11) is 0. The van der Waals surface area contributed by atoms with Gasteiger partial charge in [-0.15, -0.1) is 0 Å². The maximum atomic E-state index is 11.2. The molecule has 0 radical (unpaired) electrons. The lowest BCUT2D eigenvalue weighted by atomic mass is 10.0. The monoisotopic (exact) mass is 528 g/mol. The van der Waals surface area contributed by atoms with Gasteiger partial charge in [0.25, 0.3) is 6.01 Å². The Bertz CT molecular complexity index is 1270. The molecule has 0 amide bonds. The Kier molecular flexibility index (Phi) is 5.45. The molecule has 9 heteroatoms. The number of rotatable bonds is 5. The molecule has 0 aliphatic carbocycles. The van der Waals surface area contributed by atoms with Crippen LogP contribution in [0.4, 0.5) is 11.8 Å². The fourth-order valence-corrected chi connectivity index (χ4v) is 4.15. The van der Waals surface area contributed by atoms with Gasteiger partial charge in [-0.25, -0.2) is 4.98 Å². The van der Waals surface area contributed by atoms with Crippen molar-refractivity contribution >= 4 is 60.3 Å². The molecule has 3 heterocycles. The average Bonchev–Trinajstić information content (AvgIpc) is 3.16. The van der Waals surface area contributed by atoms with E-state index >= 15 is 0 Å². The van der Waals surface area contributed by atoms with Crippen molar-refractivity contribution in [1.29, 1.82) is 0 Å². The number of halogens is 1. The van der Waals surface area contributed by atoms with E-state index in [0.717, 1.165) is 66.2 Å². The van der Waals surface area contributed by atoms with E-state index in [1.54, 1.807) is 0 Å². The van der Waals surface area contributed by atoms with Crippen molar-refractivity contribution in [2.75, 3.05) is 43.4 Å². The van der Waals surface area contributed by atoms with Crippen LogP contribution in [0.5, 0.6) is 0 Å². The van der Waals surface area contributed by atoms with E-state index in [-0.39, 0.29) is 9.80 Å². The van der Waals surface area contributed by atoms with E-state index in [9.17, 15) is 4.79 Å². The molecule has 1 fully saturated rings. The first-order valence-corrected chi connectivity index (χ1v) is 11.2. The third kappa shape index (κ3) is 4.33. The van der Waals surface area contributed by atoms with Crippen LogP contribution in [0.25, 0.3) is 33.3 Å². The maximum absolute atomic E-state index is 11.2. The first-order valence-electron chi connectivity index (χ1n) is 10.1. The molecule has 0 unspecified atom stereocenters. The van der Waals surface area contributed by atoms with E-state index in [1.165, 1.54) is 0 Å². The van der Waals surface area contributed by atoms with Gasteiger partial charge in [-0.1, -0.05) is 12.1 Å². The van der Waals surface area contributed by atoms with Crippen LogP contribution in [0.15, 0.2) is 47.0 Å². The summed E-state index contributed by atoms with van der Waals surface area (Å²) in [5.41, 5.74) is 10.8. The highest BCUT2D eigenvalue weighted by Gasteiger charge is 2.19. The first kappa shape index (κ1) is 20.1. The van der Waals surface area contributed by atoms with Crippen LogP contribution in [0.3, 0.4) is 0 Å². The molecule has 2 aromatic carbocycles. The molecule has 31 heavy (non-hydrogen) atoms. The lowest BCUT2D eigenvalue weighted by Gasteiger charge is -2.35. The van der Waals surface area contributed by atoms with Gasteiger partial charge in [0.1, 0.15) is 11.3 Å². The summed E-state index contributed by atoms with van der Waals surface area (Å²) in [6.07, 6.45) is 2.45. The Balaban J connectivity index is 1.37. The van der Waals surface area contributed by atoms with E-state index in [4.69, 9.17) is 15.1 Å². The summed E-state index contributed by atoms with van der Waals surface area (Å²) < 4.78 is 5.58. The quantitative estimate of drug-likeness (QED) is 0.311. The Morgan fingerprint density at radius 3 is 2.52 bits per heavy atom. The minimum absolute atomic E-state index is 0.169. The fourth-order valence-electron chi connectivity index (χ4n) is 3.91. The SMILES string of the molecule is Nc1nc2cc(-c3ccc4ncc(N5CCN(CCC(=O)I)CC5)nc4c3)ccc2o1. The zero-order valence-electron chi connectivity index (χ0n) is 16.8. The van der Waals surface area contributed by atoms with Gasteiger partial charge in [-0.05, 0) is 58.0 Å². The Morgan fingerprint density at radius 1 is 1.00 bits per heavy atom. The molecule has 8 nitrogen and oxygen atoms in total. The summed E-state index contributed by atoms with van der Waals surface area (Å²) in [5, 5.41) is 0. The molecule has 0 bridgehead atoms. The average molecular weight is 528 g/mol. The molecule has 2 N–H and O–H groups in total. The van der Waals surface area contributed by atoms with Gasteiger partial charge in [0.05, 0.1) is 17.2 Å². The summed E-state index contributed by atoms with van der Waals surface area (Å²) in [6.45, 7) is 4.41. The van der Waals surface area contributed by atoms with E-state index in [0.29, 0.717) is 12.0 Å². The standard InChI is InChI=1S/C22H21IN6O2/c23-20(30)5-6-28-7-9-29(10-8-28)21-13-25-16-3-1-14(11-17(16)26-21)15-2-4-19-18(12-15)27-22(24)31-19/h1-4,11-13H,5-10H2,(H2,24,27). The normalized spacial score (nSPS) is 15.1. The number of carbonyl (C=O) groups excluding carboxylic acids is 1. The van der Waals surface area contributed by atoms with Crippen LogP contribution >= 0.6 is 22.6 Å². The summed E-state index contributed by atoms with van der Waals surface area (Å²) >= 11 is 1.86. The zero-order valence-corrected chi connectivity index (χ0v) is 18.9. The number of oxazole rings is 1. The zero-order chi connectivity index (χ0) is 21.4. The molecule has 0 atom stereocenters. The van der Waals surface area contributed by atoms with Crippen molar-refractivity contribution in [2.24, 2.45) is 0 Å². The summed E-state index contributed by atoms with van der Waals surface area (Å²) in [6, 6.07) is 12.1. The number of piperazine rings is 1. The van der Waals surface area contributed by atoms with Crippen LogP contribution in [0.2, 0.25) is 0 Å². The molecule has 1 saturated heterocycles. The fraction of sp³-hybridized carbons (Fsp3) is 0.273. The Labute approximate surface area is 192 Å². The molecular formula is C22H21IN6O2. The maximum Gasteiger partial charge on any atom is 0.292 e. The molecule has 0 saturated carbocycles. The number of nitrogens with zero attached hydrogens (tertiary/aromatic N) is 5. The minimum atomic E-state index is 0.169. The molecule has 5 rings (SSSR count). The van der Waals surface area contributed by atoms with Gasteiger partial charge in [0.2, 0.25) is 0 Å². The van der Waals surface area contributed by atoms with Gasteiger partial charge in [0, 0.05) is 39.1 Å². The first-order chi connectivity index (χ1) is 15.0. The number of aromatic nitrogens is 3. The number of fused-ring (bicyclic) bond motifs is 2. The number of hydrogen-bond acceptors (Lipinski definition) is 8. The lowest BCUT2D eigenvalue weighted by Crippen LogP contribution is -2.47. The van der Waals surface area contributed by atoms with Gasteiger partial charge in [-0.2, -0.15) is 4.98 Å². The number of carbonyl (C=O) groups is 1. The number of hydrogen-bond donors (Lipinski definition) is 1. The highest BCUT2D eigenvalue weighted by molar-refractivity contribution is 14.1. The molecule has 4 aromatic rings. The highest BCUT2D eigenvalue weighted by Crippen LogP contribution is 2.28. The van der Waals surface area contributed by atoms with Crippen LogP contribution in [0, 0.1) is 0 Å². The van der Waals surface area contributed by atoms with Crippen molar-refractivity contribution in [2.45, 2.75) is 6.42 Å². The Morgan fingerprint density at radius 2 is 1.74 bits per heavy atom. The number of nitrogen functional groups attached to an aromatic ring is 1. The van der Waals surface area contributed by atoms with Gasteiger partial charge >= 0.3 is 0 Å². The predicted octanol–water partition coefficient (Wildman–Crippen LogP) is 3.49. The minimum Gasteiger partial charge on any atom is -0.424 e. The van der Waals surface area contributed by atoms with Crippen molar-refractivity contribution < 1.29 is 9.21 Å². The lowest BCUT2D eigenvalue weighted by molar-refractivity contribution is -0.109. The van der Waals surface area contributed by atoms with Crippen LogP contribution in [-0.4, -0.2) is 56.4 Å². The Hall–Kier alpha value is -2.79. The molecular weight excluding hydrogens is 507 g/mol. The number of nitrogens with two attached hydrogens (primary N) is 1. The van der Waals surface area contributed by atoms with Crippen molar-refractivity contribution in [3.8, 4) is 11.1 Å². The highest BCUT2D eigenvalue weighted by atomic mass is 127. The van der Waals surface area contributed by atoms with Gasteiger partial charge in [0.15, 0.2) is 9.37 Å². The summed E-state index contributed by atoms with van der Waals surface area (Å²) in [5.74, 6) is 0.883. The summed E-state index contributed by atoms with van der Waals surface area (Å²) in [4.78, 5) is 29.5. The predicted molar refractivity (Wildman–Crippen MR) is 129 cm³/mol. The van der Waals surface area contributed by atoms with Gasteiger partial charge in [-0.3, -0.25) is 14.7 Å². The number of anilines is 2. The van der Waals surface area contributed by atoms with Gasteiger partial charge < -0.3 is 15.1 Å². The van der Waals surface area contributed by atoms with Crippen LogP contribution in [0.1, 0.15) is 6.42 Å². The van der Waals surface area contributed by atoms with E-state index in [2.05, 4.69) is 25.8 Å². The van der Waals surface area contributed by atoms with Crippen LogP contribution in [-0.2, 0) is 4.79 Å². The van der Waals surface area contributed by atoms with Crippen molar-refractivity contribution in [3.63, 3.8) is 0 Å². The molecule has 0 spiro atoms. The van der Waals surface area contributed by atoms with Crippen LogP contribution < -0.4 is 10.6 Å². The second-order valence-corrected chi connectivity index (χ2v) is 8.80.